The van der Waals surface area contributed by atoms with Crippen LogP contribution in [-0.2, 0) is 9.47 Å². The van der Waals surface area contributed by atoms with Gasteiger partial charge in [0.25, 0.3) is 0 Å². The molecule has 0 bridgehead atoms. The Morgan fingerprint density at radius 1 is 0.500 bits per heavy atom. The molecule has 3 aliphatic carbocycles. The Balaban J connectivity index is 1.52. The smallest absolute Gasteiger partial charge is 0.0840 e. The van der Waals surface area contributed by atoms with E-state index in [-0.39, 0.29) is 0 Å². The first-order valence-electron chi connectivity index (χ1n) is 10.8. The molecule has 0 saturated heterocycles. The Morgan fingerprint density at radius 2 is 0.917 bits per heavy atom. The van der Waals surface area contributed by atoms with Gasteiger partial charge in [-0.2, -0.15) is 0 Å². The second-order valence-electron chi connectivity index (χ2n) is 9.41. The normalized spacial score (nSPS) is 47.5. The molecule has 140 valence electrons. The van der Waals surface area contributed by atoms with E-state index in [0.717, 1.165) is 23.7 Å². The average Bonchev–Trinajstić information content (AvgIpc) is 2.56. The molecule has 8 atom stereocenters. The van der Waals surface area contributed by atoms with Crippen molar-refractivity contribution in [3.63, 3.8) is 0 Å². The van der Waals surface area contributed by atoms with E-state index < -0.39 is 0 Å². The molecule has 0 aromatic rings. The lowest BCUT2D eigenvalue weighted by Crippen LogP contribution is -2.42. The van der Waals surface area contributed by atoms with Crippen molar-refractivity contribution in [2.75, 3.05) is 0 Å². The van der Waals surface area contributed by atoms with Crippen LogP contribution in [0.5, 0.6) is 0 Å². The van der Waals surface area contributed by atoms with Gasteiger partial charge in [0, 0.05) is 0 Å². The Labute approximate surface area is 150 Å². The van der Waals surface area contributed by atoms with Gasteiger partial charge in [-0.25, -0.2) is 0 Å². The van der Waals surface area contributed by atoms with Crippen molar-refractivity contribution in [1.29, 1.82) is 0 Å². The van der Waals surface area contributed by atoms with E-state index in [1.54, 1.807) is 0 Å². The van der Waals surface area contributed by atoms with Gasteiger partial charge in [-0.1, -0.05) is 40.5 Å². The number of ether oxygens (including phenoxy) is 2. The van der Waals surface area contributed by atoms with Gasteiger partial charge >= 0.3 is 0 Å². The Bertz CT molecular complexity index is 346. The highest BCUT2D eigenvalue weighted by atomic mass is 16.6. The van der Waals surface area contributed by atoms with Crippen molar-refractivity contribution in [2.45, 2.75) is 116 Å². The third-order valence-corrected chi connectivity index (χ3v) is 7.48. The van der Waals surface area contributed by atoms with Gasteiger partial charge in [-0.15, -0.1) is 0 Å². The maximum Gasteiger partial charge on any atom is 0.0840 e. The molecule has 3 fully saturated rings. The molecule has 8 unspecified atom stereocenters. The van der Waals surface area contributed by atoms with Gasteiger partial charge in [0.1, 0.15) is 0 Å². The summed E-state index contributed by atoms with van der Waals surface area (Å²) in [4.78, 5) is 0. The van der Waals surface area contributed by atoms with Crippen LogP contribution in [-0.4, -0.2) is 24.4 Å². The quantitative estimate of drug-likeness (QED) is 0.628. The van der Waals surface area contributed by atoms with E-state index in [9.17, 15) is 0 Å². The number of rotatable bonds is 4. The van der Waals surface area contributed by atoms with E-state index in [1.165, 1.54) is 64.2 Å². The van der Waals surface area contributed by atoms with Gasteiger partial charge < -0.3 is 9.47 Å². The molecular weight excluding hydrogens is 296 g/mol. The molecule has 3 rings (SSSR count). The summed E-state index contributed by atoms with van der Waals surface area (Å²) in [5.74, 6) is 3.36. The van der Waals surface area contributed by atoms with Gasteiger partial charge in [0.05, 0.1) is 24.4 Å². The topological polar surface area (TPSA) is 18.5 Å². The minimum absolute atomic E-state index is 0.360. The van der Waals surface area contributed by atoms with Crippen LogP contribution in [0.2, 0.25) is 0 Å². The van der Waals surface area contributed by atoms with E-state index in [0.29, 0.717) is 24.4 Å². The Morgan fingerprint density at radius 3 is 1.29 bits per heavy atom. The zero-order valence-corrected chi connectivity index (χ0v) is 16.5. The van der Waals surface area contributed by atoms with E-state index >= 15 is 0 Å². The molecule has 0 N–H and O–H groups in total. The zero-order valence-electron chi connectivity index (χ0n) is 16.5. The molecule has 0 aromatic heterocycles. The average molecular weight is 337 g/mol. The molecule has 0 aromatic carbocycles. The van der Waals surface area contributed by atoms with Crippen LogP contribution in [0.25, 0.3) is 0 Å². The fraction of sp³-hybridized carbons (Fsp3) is 1.00. The lowest BCUT2D eigenvalue weighted by atomic mass is 9.79. The van der Waals surface area contributed by atoms with Crippen molar-refractivity contribution < 1.29 is 9.47 Å². The zero-order chi connectivity index (χ0) is 17.1. The first-order valence-corrected chi connectivity index (χ1v) is 10.8. The first-order chi connectivity index (χ1) is 11.5. The predicted octanol–water partition coefficient (Wildman–Crippen LogP) is 5.98. The third-order valence-electron chi connectivity index (χ3n) is 7.48. The van der Waals surface area contributed by atoms with Crippen LogP contribution in [0.1, 0.15) is 91.9 Å². The van der Waals surface area contributed by atoms with Crippen molar-refractivity contribution in [3.8, 4) is 0 Å². The highest BCUT2D eigenvalue weighted by Crippen LogP contribution is 2.36. The van der Waals surface area contributed by atoms with Crippen LogP contribution >= 0.6 is 0 Å². The van der Waals surface area contributed by atoms with Gasteiger partial charge in [0.15, 0.2) is 0 Å². The number of hydrogen-bond donors (Lipinski definition) is 0. The van der Waals surface area contributed by atoms with Crippen LogP contribution in [0.3, 0.4) is 0 Å². The summed E-state index contributed by atoms with van der Waals surface area (Å²) in [5.41, 5.74) is 0. The monoisotopic (exact) mass is 336 g/mol. The predicted molar refractivity (Wildman–Crippen MR) is 100 cm³/mol. The Kier molecular flexibility index (Phi) is 6.65. The highest BCUT2D eigenvalue weighted by molar-refractivity contribution is 4.84. The molecule has 2 heteroatoms. The van der Waals surface area contributed by atoms with Crippen molar-refractivity contribution in [1.82, 2.24) is 0 Å². The molecule has 24 heavy (non-hydrogen) atoms. The standard InChI is InChI=1S/C22H40O2/c1-15-9-11-19(13-17(15)3)23-21-7-5-6-8-22(21)24-20-12-10-16(2)18(4)14-20/h15-22H,5-14H2,1-4H3. The minimum atomic E-state index is 0.360. The van der Waals surface area contributed by atoms with Gasteiger partial charge in [-0.3, -0.25) is 0 Å². The van der Waals surface area contributed by atoms with Gasteiger partial charge in [-0.05, 0) is 75.0 Å². The molecular formula is C22H40O2. The summed E-state index contributed by atoms with van der Waals surface area (Å²) < 4.78 is 13.3. The summed E-state index contributed by atoms with van der Waals surface area (Å²) in [6.07, 6.45) is 14.4. The summed E-state index contributed by atoms with van der Waals surface area (Å²) >= 11 is 0. The number of hydrogen-bond acceptors (Lipinski definition) is 2. The maximum absolute atomic E-state index is 6.63. The van der Waals surface area contributed by atoms with Crippen LogP contribution < -0.4 is 0 Å². The van der Waals surface area contributed by atoms with E-state index in [1.807, 2.05) is 0 Å². The second kappa shape index (κ2) is 8.54. The minimum Gasteiger partial charge on any atom is -0.372 e. The van der Waals surface area contributed by atoms with Crippen molar-refractivity contribution >= 4 is 0 Å². The largest absolute Gasteiger partial charge is 0.372 e. The van der Waals surface area contributed by atoms with Crippen LogP contribution in [0.15, 0.2) is 0 Å². The summed E-state index contributed by atoms with van der Waals surface area (Å²) in [7, 11) is 0. The lowest BCUT2D eigenvalue weighted by molar-refractivity contribution is -0.156. The molecule has 3 saturated carbocycles. The molecule has 2 nitrogen and oxygen atoms in total. The van der Waals surface area contributed by atoms with Crippen LogP contribution in [0.4, 0.5) is 0 Å². The maximum atomic E-state index is 6.63. The SMILES string of the molecule is CC1CCC(OC2CCCCC2OC2CCC(C)C(C)C2)CC1C. The first kappa shape index (κ1) is 18.7. The Hall–Kier alpha value is -0.0800. The molecule has 0 amide bonds. The molecule has 0 spiro atoms. The van der Waals surface area contributed by atoms with E-state index in [4.69, 9.17) is 9.47 Å². The summed E-state index contributed by atoms with van der Waals surface area (Å²) in [5, 5.41) is 0. The third kappa shape index (κ3) is 4.75. The highest BCUT2D eigenvalue weighted by Gasteiger charge is 2.35. The van der Waals surface area contributed by atoms with Crippen molar-refractivity contribution in [3.05, 3.63) is 0 Å². The van der Waals surface area contributed by atoms with Gasteiger partial charge in [0.2, 0.25) is 0 Å². The molecule has 3 aliphatic rings. The molecule has 0 radical (unpaired) electrons. The second-order valence-corrected chi connectivity index (χ2v) is 9.41. The molecule has 0 aliphatic heterocycles. The summed E-state index contributed by atoms with van der Waals surface area (Å²) in [6.45, 7) is 9.61. The lowest BCUT2D eigenvalue weighted by Gasteiger charge is -2.41. The molecule has 0 heterocycles. The van der Waals surface area contributed by atoms with Crippen LogP contribution in [0, 0.1) is 23.7 Å². The fourth-order valence-corrected chi connectivity index (χ4v) is 5.11. The van der Waals surface area contributed by atoms with Crippen molar-refractivity contribution in [2.24, 2.45) is 23.7 Å². The summed E-state index contributed by atoms with van der Waals surface area (Å²) in [6, 6.07) is 0. The van der Waals surface area contributed by atoms with E-state index in [2.05, 4.69) is 27.7 Å². The fourth-order valence-electron chi connectivity index (χ4n) is 5.11.